The molecule has 7 nitrogen and oxygen atoms in total. The summed E-state index contributed by atoms with van der Waals surface area (Å²) in [6, 6.07) is 5.58. The second-order valence-electron chi connectivity index (χ2n) is 6.88. The van der Waals surface area contributed by atoms with Crippen LogP contribution in [0.2, 0.25) is 0 Å². The average molecular weight is 375 g/mol. The summed E-state index contributed by atoms with van der Waals surface area (Å²) in [6.07, 6.45) is 2.00. The lowest BCUT2D eigenvalue weighted by Gasteiger charge is -2.16. The number of aliphatic carboxylic acids is 1. The molecule has 0 radical (unpaired) electrons. The van der Waals surface area contributed by atoms with Crippen molar-refractivity contribution in [2.75, 3.05) is 6.61 Å². The number of ether oxygens (including phenoxy) is 1. The molecule has 1 aromatic heterocycles. The molecule has 0 saturated heterocycles. The minimum Gasteiger partial charge on any atom is -0.484 e. The third-order valence-corrected chi connectivity index (χ3v) is 4.03. The number of nitrogens with one attached hydrogen (secondary N) is 1. The van der Waals surface area contributed by atoms with E-state index in [1.165, 1.54) is 6.07 Å². The third-order valence-electron chi connectivity index (χ3n) is 4.03. The summed E-state index contributed by atoms with van der Waals surface area (Å²) in [5.74, 6) is -1.10. The van der Waals surface area contributed by atoms with E-state index in [4.69, 9.17) is 9.15 Å². The number of rotatable bonds is 9. The highest BCUT2D eigenvalue weighted by atomic mass is 16.5. The highest BCUT2D eigenvalue weighted by Gasteiger charge is 2.21. The number of amides is 1. The van der Waals surface area contributed by atoms with Crippen molar-refractivity contribution in [1.29, 1.82) is 0 Å². The zero-order valence-corrected chi connectivity index (χ0v) is 15.8. The molecule has 0 aliphatic carbocycles. The van der Waals surface area contributed by atoms with Gasteiger partial charge in [-0.05, 0) is 36.5 Å². The van der Waals surface area contributed by atoms with E-state index < -0.39 is 23.5 Å². The number of carboxylic acids is 1. The fraction of sp³-hybridized carbons (Fsp3) is 0.450. The summed E-state index contributed by atoms with van der Waals surface area (Å²) in [4.78, 5) is 34.9. The van der Waals surface area contributed by atoms with Crippen molar-refractivity contribution in [1.82, 2.24) is 5.32 Å². The Morgan fingerprint density at radius 2 is 2.00 bits per heavy atom. The molecule has 0 aliphatic heterocycles. The Hall–Kier alpha value is -2.83. The van der Waals surface area contributed by atoms with E-state index in [2.05, 4.69) is 5.32 Å². The molecule has 146 valence electrons. The maximum atomic E-state index is 12.0. The van der Waals surface area contributed by atoms with Crippen LogP contribution in [0.5, 0.6) is 5.75 Å². The lowest BCUT2D eigenvalue weighted by atomic mass is 10.0. The van der Waals surface area contributed by atoms with Crippen LogP contribution in [0, 0.1) is 5.92 Å². The summed E-state index contributed by atoms with van der Waals surface area (Å²) in [6.45, 7) is 5.47. The van der Waals surface area contributed by atoms with E-state index in [-0.39, 0.29) is 12.5 Å². The first kappa shape index (κ1) is 20.5. The van der Waals surface area contributed by atoms with Crippen molar-refractivity contribution in [3.05, 3.63) is 40.2 Å². The number of benzene rings is 1. The van der Waals surface area contributed by atoms with Crippen LogP contribution in [-0.4, -0.2) is 29.6 Å². The molecule has 2 rings (SSSR count). The van der Waals surface area contributed by atoms with E-state index in [9.17, 15) is 19.5 Å². The number of aryl methyl sites for hydroxylation is 1. The summed E-state index contributed by atoms with van der Waals surface area (Å²) >= 11 is 0. The quantitative estimate of drug-likeness (QED) is 0.653. The van der Waals surface area contributed by atoms with Gasteiger partial charge in [0.25, 0.3) is 5.91 Å². The van der Waals surface area contributed by atoms with Gasteiger partial charge in [0.2, 0.25) is 0 Å². The Balaban J connectivity index is 2.07. The number of hydrogen-bond donors (Lipinski definition) is 2. The van der Waals surface area contributed by atoms with Crippen LogP contribution in [0.15, 0.2) is 33.5 Å². The maximum Gasteiger partial charge on any atom is 0.336 e. The van der Waals surface area contributed by atoms with Crippen molar-refractivity contribution in [2.24, 2.45) is 5.92 Å². The monoisotopic (exact) mass is 375 g/mol. The summed E-state index contributed by atoms with van der Waals surface area (Å²) in [5, 5.41) is 12.5. The second-order valence-corrected chi connectivity index (χ2v) is 6.88. The van der Waals surface area contributed by atoms with Crippen molar-refractivity contribution in [2.45, 2.75) is 46.1 Å². The lowest BCUT2D eigenvalue weighted by molar-refractivity contribution is -0.142. The zero-order valence-electron chi connectivity index (χ0n) is 15.8. The van der Waals surface area contributed by atoms with E-state index in [1.54, 1.807) is 18.2 Å². The van der Waals surface area contributed by atoms with Crippen LogP contribution in [0.1, 0.15) is 39.2 Å². The van der Waals surface area contributed by atoms with E-state index in [0.29, 0.717) is 17.8 Å². The predicted octanol–water partition coefficient (Wildman–Crippen LogP) is 2.74. The second kappa shape index (κ2) is 9.21. The molecule has 27 heavy (non-hydrogen) atoms. The van der Waals surface area contributed by atoms with Gasteiger partial charge in [-0.3, -0.25) is 4.79 Å². The largest absolute Gasteiger partial charge is 0.484 e. The normalized spacial score (nSPS) is 12.1. The fourth-order valence-electron chi connectivity index (χ4n) is 2.85. The highest BCUT2D eigenvalue weighted by molar-refractivity contribution is 5.85. The molecule has 2 aromatic rings. The van der Waals surface area contributed by atoms with Gasteiger partial charge in [-0.1, -0.05) is 27.2 Å². The number of hydrogen-bond acceptors (Lipinski definition) is 5. The molecule has 0 fully saturated rings. The van der Waals surface area contributed by atoms with Crippen LogP contribution in [0.3, 0.4) is 0 Å². The summed E-state index contributed by atoms with van der Waals surface area (Å²) in [5.41, 5.74) is 0.872. The molecule has 0 unspecified atom stereocenters. The van der Waals surface area contributed by atoms with Gasteiger partial charge in [0.05, 0.1) is 0 Å². The van der Waals surface area contributed by atoms with Gasteiger partial charge in [0.1, 0.15) is 17.4 Å². The van der Waals surface area contributed by atoms with Gasteiger partial charge in [-0.25, -0.2) is 9.59 Å². The molecule has 1 atom stereocenters. The summed E-state index contributed by atoms with van der Waals surface area (Å²) < 4.78 is 10.7. The Kier molecular flexibility index (Phi) is 6.98. The third kappa shape index (κ3) is 5.84. The zero-order chi connectivity index (χ0) is 20.0. The molecule has 1 aromatic carbocycles. The SMILES string of the molecule is CCCc1cc(=O)oc2cc(OCC(=O)N[C@@H](CC(C)C)C(=O)O)ccc12. The van der Waals surface area contributed by atoms with Crippen LogP contribution in [-0.2, 0) is 16.0 Å². The van der Waals surface area contributed by atoms with Crippen molar-refractivity contribution in [3.8, 4) is 5.75 Å². The summed E-state index contributed by atoms with van der Waals surface area (Å²) in [7, 11) is 0. The van der Waals surface area contributed by atoms with Crippen molar-refractivity contribution < 1.29 is 23.8 Å². The van der Waals surface area contributed by atoms with Crippen LogP contribution >= 0.6 is 0 Å². The standard InChI is InChI=1S/C20H25NO6/c1-4-5-13-9-19(23)27-17-10-14(6-7-15(13)17)26-11-18(22)21-16(20(24)25)8-12(2)3/h6-7,9-10,12,16H,4-5,8,11H2,1-3H3,(H,21,22)(H,24,25)/t16-/m0/s1. The molecule has 2 N–H and O–H groups in total. The van der Waals surface area contributed by atoms with E-state index >= 15 is 0 Å². The highest BCUT2D eigenvalue weighted by Crippen LogP contribution is 2.23. The maximum absolute atomic E-state index is 12.0. The van der Waals surface area contributed by atoms with Crippen LogP contribution < -0.4 is 15.7 Å². The number of carbonyl (C=O) groups excluding carboxylic acids is 1. The minimum absolute atomic E-state index is 0.132. The molecule has 0 saturated carbocycles. The topological polar surface area (TPSA) is 106 Å². The van der Waals surface area contributed by atoms with Crippen molar-refractivity contribution in [3.63, 3.8) is 0 Å². The van der Waals surface area contributed by atoms with E-state index in [1.807, 2.05) is 20.8 Å². The number of carbonyl (C=O) groups is 2. The van der Waals surface area contributed by atoms with Gasteiger partial charge in [-0.15, -0.1) is 0 Å². The lowest BCUT2D eigenvalue weighted by Crippen LogP contribution is -2.43. The molecule has 0 bridgehead atoms. The van der Waals surface area contributed by atoms with Crippen LogP contribution in [0.25, 0.3) is 11.0 Å². The molecular formula is C20H25NO6. The average Bonchev–Trinajstić information content (AvgIpc) is 2.58. The smallest absolute Gasteiger partial charge is 0.336 e. The van der Waals surface area contributed by atoms with Gasteiger partial charge < -0.3 is 19.6 Å². The first-order chi connectivity index (χ1) is 12.8. The molecule has 1 amide bonds. The molecular weight excluding hydrogens is 350 g/mol. The first-order valence-corrected chi connectivity index (χ1v) is 9.02. The van der Waals surface area contributed by atoms with Gasteiger partial charge in [0, 0.05) is 17.5 Å². The van der Waals surface area contributed by atoms with Gasteiger partial charge in [0.15, 0.2) is 6.61 Å². The molecule has 7 heteroatoms. The number of carboxylic acid groups (broad SMARTS) is 1. The molecule has 1 heterocycles. The van der Waals surface area contributed by atoms with Crippen LogP contribution in [0.4, 0.5) is 0 Å². The molecule has 0 spiro atoms. The Bertz CT molecular complexity index is 870. The Morgan fingerprint density at radius 3 is 2.63 bits per heavy atom. The fourth-order valence-corrected chi connectivity index (χ4v) is 2.85. The molecule has 0 aliphatic rings. The van der Waals surface area contributed by atoms with Crippen molar-refractivity contribution >= 4 is 22.8 Å². The van der Waals surface area contributed by atoms with Gasteiger partial charge >= 0.3 is 11.6 Å². The Labute approximate surface area is 157 Å². The minimum atomic E-state index is -1.08. The predicted molar refractivity (Wildman–Crippen MR) is 101 cm³/mol. The first-order valence-electron chi connectivity index (χ1n) is 9.02. The Morgan fingerprint density at radius 1 is 1.26 bits per heavy atom. The van der Waals surface area contributed by atoms with Gasteiger partial charge in [-0.2, -0.15) is 0 Å². The number of fused-ring (bicyclic) bond motifs is 1. The van der Waals surface area contributed by atoms with E-state index in [0.717, 1.165) is 23.8 Å².